The van der Waals surface area contributed by atoms with Crippen LogP contribution in [0.2, 0.25) is 0 Å². The molecule has 0 saturated heterocycles. The van der Waals surface area contributed by atoms with Crippen LogP contribution in [0.25, 0.3) is 11.1 Å². The summed E-state index contributed by atoms with van der Waals surface area (Å²) >= 11 is 0. The van der Waals surface area contributed by atoms with E-state index in [1.807, 2.05) is 42.5 Å². The van der Waals surface area contributed by atoms with Crippen LogP contribution < -0.4 is 11.1 Å². The molecule has 5 nitrogen and oxygen atoms in total. The molecule has 3 aromatic rings. The molecule has 0 spiro atoms. The Labute approximate surface area is 146 Å². The Balaban J connectivity index is 1.54. The van der Waals surface area contributed by atoms with E-state index in [2.05, 4.69) is 12.2 Å². The summed E-state index contributed by atoms with van der Waals surface area (Å²) in [4.78, 5) is 24.0. The Morgan fingerprint density at radius 3 is 2.64 bits per heavy atom. The van der Waals surface area contributed by atoms with E-state index >= 15 is 0 Å². The topological polar surface area (TPSA) is 64.2 Å². The highest BCUT2D eigenvalue weighted by atomic mass is 16.4. The molecule has 0 atom stereocenters. The second-order valence-electron chi connectivity index (χ2n) is 6.09. The number of hydrogen-bond acceptors (Lipinski definition) is 3. The summed E-state index contributed by atoms with van der Waals surface area (Å²) in [6, 6.07) is 15.2. The van der Waals surface area contributed by atoms with Crippen molar-refractivity contribution in [3.63, 3.8) is 0 Å². The van der Waals surface area contributed by atoms with Crippen LogP contribution in [0.3, 0.4) is 0 Å². The molecule has 130 valence electrons. The Morgan fingerprint density at radius 1 is 1.12 bits per heavy atom. The summed E-state index contributed by atoms with van der Waals surface area (Å²) in [5.74, 6) is -0.433. The number of rotatable bonds is 7. The van der Waals surface area contributed by atoms with Crippen LogP contribution in [-0.4, -0.2) is 10.5 Å². The van der Waals surface area contributed by atoms with Crippen LogP contribution in [0.15, 0.2) is 57.7 Å². The van der Waals surface area contributed by atoms with E-state index in [1.54, 1.807) is 10.6 Å². The first-order chi connectivity index (χ1) is 12.2. The molecule has 0 aliphatic heterocycles. The van der Waals surface area contributed by atoms with Gasteiger partial charge in [-0.3, -0.25) is 9.36 Å². The molecule has 1 heterocycles. The van der Waals surface area contributed by atoms with Crippen molar-refractivity contribution in [2.45, 2.75) is 39.2 Å². The van der Waals surface area contributed by atoms with E-state index in [-0.39, 0.29) is 11.7 Å². The van der Waals surface area contributed by atoms with Gasteiger partial charge in [0.25, 0.3) is 0 Å². The van der Waals surface area contributed by atoms with Crippen molar-refractivity contribution in [3.8, 4) is 0 Å². The Kier molecular flexibility index (Phi) is 5.33. The fourth-order valence-corrected chi connectivity index (χ4v) is 2.89. The predicted octanol–water partition coefficient (Wildman–Crippen LogP) is 3.97. The minimum Gasteiger partial charge on any atom is -0.408 e. The summed E-state index contributed by atoms with van der Waals surface area (Å²) in [6.45, 7) is 2.60. The van der Waals surface area contributed by atoms with Crippen LogP contribution in [-0.2, 0) is 17.8 Å². The van der Waals surface area contributed by atoms with Crippen molar-refractivity contribution in [2.75, 3.05) is 5.32 Å². The molecular formula is C20H22N2O3. The molecule has 0 fully saturated rings. The largest absolute Gasteiger partial charge is 0.419 e. The number of para-hydroxylation sites is 2. The van der Waals surface area contributed by atoms with Gasteiger partial charge in [-0.1, -0.05) is 37.6 Å². The van der Waals surface area contributed by atoms with Crippen LogP contribution in [0.5, 0.6) is 0 Å². The monoisotopic (exact) mass is 338 g/mol. The number of nitrogens with one attached hydrogen (secondary N) is 1. The number of oxazole rings is 1. The van der Waals surface area contributed by atoms with Gasteiger partial charge in [-0.2, -0.15) is 0 Å². The van der Waals surface area contributed by atoms with Crippen LogP contribution in [0.1, 0.15) is 31.7 Å². The summed E-state index contributed by atoms with van der Waals surface area (Å²) < 4.78 is 6.76. The maximum absolute atomic E-state index is 12.1. The van der Waals surface area contributed by atoms with Crippen molar-refractivity contribution in [1.82, 2.24) is 4.57 Å². The van der Waals surface area contributed by atoms with Gasteiger partial charge in [0, 0.05) is 18.7 Å². The molecule has 25 heavy (non-hydrogen) atoms. The number of benzene rings is 2. The van der Waals surface area contributed by atoms with Crippen molar-refractivity contribution in [3.05, 3.63) is 64.6 Å². The molecule has 0 bridgehead atoms. The minimum atomic E-state index is -0.381. The Hall–Kier alpha value is -2.82. The Bertz CT molecular complexity index is 907. The first-order valence-corrected chi connectivity index (χ1v) is 8.64. The number of amides is 1. The van der Waals surface area contributed by atoms with Crippen molar-refractivity contribution in [1.29, 1.82) is 0 Å². The zero-order valence-electron chi connectivity index (χ0n) is 14.3. The summed E-state index contributed by atoms with van der Waals surface area (Å²) in [7, 11) is 0. The lowest BCUT2D eigenvalue weighted by molar-refractivity contribution is -0.116. The molecule has 0 aliphatic rings. The Morgan fingerprint density at radius 2 is 1.88 bits per heavy atom. The lowest BCUT2D eigenvalue weighted by Crippen LogP contribution is -2.17. The number of hydrogen-bond donors (Lipinski definition) is 1. The molecule has 1 aromatic heterocycles. The normalized spacial score (nSPS) is 10.9. The quantitative estimate of drug-likeness (QED) is 0.709. The third-order valence-corrected chi connectivity index (χ3v) is 4.14. The number of fused-ring (bicyclic) bond motifs is 1. The van der Waals surface area contributed by atoms with Gasteiger partial charge in [-0.25, -0.2) is 4.79 Å². The van der Waals surface area contributed by atoms with Gasteiger partial charge in [-0.15, -0.1) is 0 Å². The maximum atomic E-state index is 12.1. The number of nitrogens with zero attached hydrogens (tertiary/aromatic N) is 1. The van der Waals surface area contributed by atoms with E-state index in [1.165, 1.54) is 5.56 Å². The molecule has 0 unspecified atom stereocenters. The average molecular weight is 338 g/mol. The number of carbonyl (C=O) groups is 1. The molecule has 1 N–H and O–H groups in total. The van der Waals surface area contributed by atoms with Gasteiger partial charge in [0.1, 0.15) is 0 Å². The second kappa shape index (κ2) is 7.83. The molecule has 0 aliphatic carbocycles. The number of aromatic nitrogens is 1. The summed E-state index contributed by atoms with van der Waals surface area (Å²) in [6.07, 6.45) is 3.07. The predicted molar refractivity (Wildman–Crippen MR) is 98.8 cm³/mol. The van der Waals surface area contributed by atoms with E-state index < -0.39 is 0 Å². The van der Waals surface area contributed by atoms with E-state index in [0.717, 1.165) is 24.0 Å². The molecule has 0 radical (unpaired) electrons. The van der Waals surface area contributed by atoms with Crippen LogP contribution in [0, 0.1) is 0 Å². The SMILES string of the molecule is CCCc1ccc(NC(=O)CCCn2c(=O)oc3ccccc32)cc1. The molecule has 0 saturated carbocycles. The van der Waals surface area contributed by atoms with Gasteiger partial charge in [0.2, 0.25) is 5.91 Å². The number of anilines is 1. The smallest absolute Gasteiger partial charge is 0.408 e. The zero-order chi connectivity index (χ0) is 17.6. The van der Waals surface area contributed by atoms with Gasteiger partial charge in [0.15, 0.2) is 5.58 Å². The highest BCUT2D eigenvalue weighted by Crippen LogP contribution is 2.14. The lowest BCUT2D eigenvalue weighted by atomic mass is 10.1. The van der Waals surface area contributed by atoms with Gasteiger partial charge >= 0.3 is 5.76 Å². The maximum Gasteiger partial charge on any atom is 0.419 e. The van der Waals surface area contributed by atoms with E-state index in [0.29, 0.717) is 25.0 Å². The lowest BCUT2D eigenvalue weighted by Gasteiger charge is -2.07. The van der Waals surface area contributed by atoms with Gasteiger partial charge < -0.3 is 9.73 Å². The summed E-state index contributed by atoms with van der Waals surface area (Å²) in [5.41, 5.74) is 3.41. The molecule has 2 aromatic carbocycles. The average Bonchev–Trinajstić information content (AvgIpc) is 2.93. The van der Waals surface area contributed by atoms with Crippen molar-refractivity contribution in [2.24, 2.45) is 0 Å². The van der Waals surface area contributed by atoms with Gasteiger partial charge in [0.05, 0.1) is 5.52 Å². The second-order valence-corrected chi connectivity index (χ2v) is 6.09. The fourth-order valence-electron chi connectivity index (χ4n) is 2.89. The van der Waals surface area contributed by atoms with Crippen molar-refractivity contribution < 1.29 is 9.21 Å². The molecule has 3 rings (SSSR count). The van der Waals surface area contributed by atoms with E-state index in [9.17, 15) is 9.59 Å². The first kappa shape index (κ1) is 17.0. The van der Waals surface area contributed by atoms with Crippen LogP contribution in [0.4, 0.5) is 5.69 Å². The highest BCUT2D eigenvalue weighted by Gasteiger charge is 2.09. The standard InChI is InChI=1S/C20H22N2O3/c1-2-6-15-10-12-16(13-11-15)21-19(23)9-5-14-22-17-7-3-4-8-18(17)25-20(22)24/h3-4,7-8,10-13H,2,5-6,9,14H2,1H3,(H,21,23). The zero-order valence-corrected chi connectivity index (χ0v) is 14.3. The fraction of sp³-hybridized carbons (Fsp3) is 0.300. The first-order valence-electron chi connectivity index (χ1n) is 8.64. The summed E-state index contributed by atoms with van der Waals surface area (Å²) in [5, 5.41) is 2.89. The molecular weight excluding hydrogens is 316 g/mol. The van der Waals surface area contributed by atoms with Gasteiger partial charge in [-0.05, 0) is 42.7 Å². The van der Waals surface area contributed by atoms with Crippen molar-refractivity contribution >= 4 is 22.7 Å². The third kappa shape index (κ3) is 4.18. The molecule has 1 amide bonds. The number of aryl methyl sites for hydroxylation is 2. The highest BCUT2D eigenvalue weighted by molar-refractivity contribution is 5.90. The van der Waals surface area contributed by atoms with E-state index in [4.69, 9.17) is 4.42 Å². The molecule has 5 heteroatoms. The minimum absolute atomic E-state index is 0.0518. The third-order valence-electron chi connectivity index (χ3n) is 4.14. The number of carbonyl (C=O) groups excluding carboxylic acids is 1. The van der Waals surface area contributed by atoms with Crippen LogP contribution >= 0.6 is 0 Å².